The maximum Gasteiger partial charge on any atom is 0.162 e. The summed E-state index contributed by atoms with van der Waals surface area (Å²) in [5.41, 5.74) is 1.56. The first-order chi connectivity index (χ1) is 16.1. The Balaban J connectivity index is 1.42. The average Bonchev–Trinajstić information content (AvgIpc) is 3.32. The number of rotatable bonds is 10. The zero-order chi connectivity index (χ0) is 23.2. The van der Waals surface area contributed by atoms with E-state index >= 15 is 0 Å². The number of carbonyl (C=O) groups is 2. The smallest absolute Gasteiger partial charge is 0.162 e. The number of fused-ring (bicyclic) bond motifs is 1. The molecular weight excluding hydrogens is 438 g/mol. The van der Waals surface area contributed by atoms with E-state index in [1.165, 1.54) is 11.3 Å². The summed E-state index contributed by atoms with van der Waals surface area (Å²) >= 11 is 1.53. The number of ketones is 2. The number of benzene rings is 2. The van der Waals surface area contributed by atoms with Crippen molar-refractivity contribution in [2.24, 2.45) is 0 Å². The summed E-state index contributed by atoms with van der Waals surface area (Å²) in [5.74, 6) is 2.29. The number of Topliss-reactive ketones (excluding diaryl/α,β-unsaturated/α-hetero) is 2. The molecule has 4 aromatic rings. The molecule has 0 spiro atoms. The normalized spacial score (nSPS) is 10.7. The lowest BCUT2D eigenvalue weighted by Crippen LogP contribution is -2.11. The first kappa shape index (κ1) is 22.5. The molecule has 0 amide bonds. The Morgan fingerprint density at radius 2 is 1.61 bits per heavy atom. The van der Waals surface area contributed by atoms with Gasteiger partial charge in [0.15, 0.2) is 11.5 Å². The van der Waals surface area contributed by atoms with Crippen LogP contribution in [0, 0.1) is 0 Å². The minimum absolute atomic E-state index is 0.0511. The molecule has 0 aliphatic rings. The maximum absolute atomic E-state index is 12.3. The number of thiophene rings is 1. The highest BCUT2D eigenvalue weighted by molar-refractivity contribution is 7.10. The lowest BCUT2D eigenvalue weighted by molar-refractivity contribution is -0.126. The van der Waals surface area contributed by atoms with Crippen molar-refractivity contribution in [2.75, 3.05) is 14.2 Å². The maximum atomic E-state index is 12.3. The number of hydrogen-bond donors (Lipinski definition) is 0. The molecule has 2 aromatic heterocycles. The molecule has 6 nitrogen and oxygen atoms in total. The minimum Gasteiger partial charge on any atom is -0.493 e. The standard InChI is InChI=1S/C26H23NO5S/c1-30-25-15-22-23(16-26(25)31-2)27-10-9-24(22)32-20-7-5-17(6-8-20)12-18(28)13-19(29)14-21-4-3-11-33-21/h3-11,15-16H,12-14H2,1-2H3. The average molecular weight is 462 g/mol. The Morgan fingerprint density at radius 3 is 2.30 bits per heavy atom. The van der Waals surface area contributed by atoms with E-state index in [-0.39, 0.29) is 24.4 Å². The Kier molecular flexibility index (Phi) is 7.00. The predicted molar refractivity (Wildman–Crippen MR) is 128 cm³/mol. The molecule has 7 heteroatoms. The zero-order valence-corrected chi connectivity index (χ0v) is 19.2. The first-order valence-electron chi connectivity index (χ1n) is 10.4. The Morgan fingerprint density at radius 1 is 0.879 bits per heavy atom. The molecule has 2 aromatic carbocycles. The molecule has 0 aliphatic heterocycles. The van der Waals surface area contributed by atoms with Crippen molar-refractivity contribution >= 4 is 33.8 Å². The topological polar surface area (TPSA) is 74.7 Å². The van der Waals surface area contributed by atoms with Gasteiger partial charge in [-0.1, -0.05) is 18.2 Å². The summed E-state index contributed by atoms with van der Waals surface area (Å²) < 4.78 is 16.8. The van der Waals surface area contributed by atoms with Gasteiger partial charge in [-0.3, -0.25) is 14.6 Å². The molecule has 0 bridgehead atoms. The molecular formula is C26H23NO5S. The third-order valence-corrected chi connectivity index (χ3v) is 5.98. The van der Waals surface area contributed by atoms with Crippen LogP contribution in [0.4, 0.5) is 0 Å². The van der Waals surface area contributed by atoms with Gasteiger partial charge in [0.05, 0.1) is 26.2 Å². The van der Waals surface area contributed by atoms with Gasteiger partial charge in [0, 0.05) is 35.4 Å². The van der Waals surface area contributed by atoms with Gasteiger partial charge in [-0.05, 0) is 41.3 Å². The summed E-state index contributed by atoms with van der Waals surface area (Å²) in [6.07, 6.45) is 2.15. The number of pyridine rings is 1. The van der Waals surface area contributed by atoms with Crippen molar-refractivity contribution in [1.29, 1.82) is 0 Å². The second kappa shape index (κ2) is 10.3. The van der Waals surface area contributed by atoms with Crippen LogP contribution in [0.15, 0.2) is 66.2 Å². The van der Waals surface area contributed by atoms with Crippen LogP contribution in [0.25, 0.3) is 10.9 Å². The number of carbonyl (C=O) groups excluding carboxylic acids is 2. The van der Waals surface area contributed by atoms with Crippen LogP contribution in [0.1, 0.15) is 16.9 Å². The SMILES string of the molecule is COc1cc2nccc(Oc3ccc(CC(=O)CC(=O)Cc4cccs4)cc3)c2cc1OC. The van der Waals surface area contributed by atoms with E-state index in [0.717, 1.165) is 21.3 Å². The van der Waals surface area contributed by atoms with Gasteiger partial charge >= 0.3 is 0 Å². The highest BCUT2D eigenvalue weighted by Gasteiger charge is 2.13. The minimum atomic E-state index is -0.0913. The first-order valence-corrected chi connectivity index (χ1v) is 11.3. The van der Waals surface area contributed by atoms with Crippen LogP contribution >= 0.6 is 11.3 Å². The highest BCUT2D eigenvalue weighted by Crippen LogP contribution is 2.36. The number of nitrogens with zero attached hydrogens (tertiary/aromatic N) is 1. The number of methoxy groups -OCH3 is 2. The van der Waals surface area contributed by atoms with Crippen LogP contribution in [0.3, 0.4) is 0 Å². The van der Waals surface area contributed by atoms with Crippen molar-refractivity contribution in [1.82, 2.24) is 4.98 Å². The third kappa shape index (κ3) is 5.56. The van der Waals surface area contributed by atoms with Gasteiger partial charge in [-0.25, -0.2) is 0 Å². The molecule has 0 atom stereocenters. The van der Waals surface area contributed by atoms with E-state index in [2.05, 4.69) is 4.98 Å². The van der Waals surface area contributed by atoms with Crippen LogP contribution in [-0.4, -0.2) is 30.8 Å². The predicted octanol–water partition coefficient (Wildman–Crippen LogP) is 5.42. The lowest BCUT2D eigenvalue weighted by Gasteiger charge is -2.12. The van der Waals surface area contributed by atoms with Crippen molar-refractivity contribution in [2.45, 2.75) is 19.3 Å². The lowest BCUT2D eigenvalue weighted by atomic mass is 10.0. The highest BCUT2D eigenvalue weighted by atomic mass is 32.1. The van der Waals surface area contributed by atoms with Crippen molar-refractivity contribution in [3.05, 3.63) is 76.6 Å². The molecule has 0 saturated carbocycles. The molecule has 0 radical (unpaired) electrons. The van der Waals surface area contributed by atoms with Crippen LogP contribution < -0.4 is 14.2 Å². The van der Waals surface area contributed by atoms with Gasteiger partial charge in [-0.2, -0.15) is 0 Å². The van der Waals surface area contributed by atoms with E-state index in [0.29, 0.717) is 29.4 Å². The van der Waals surface area contributed by atoms with Gasteiger partial charge < -0.3 is 14.2 Å². The van der Waals surface area contributed by atoms with Crippen molar-refractivity contribution in [3.8, 4) is 23.0 Å². The zero-order valence-electron chi connectivity index (χ0n) is 18.4. The molecule has 168 valence electrons. The molecule has 33 heavy (non-hydrogen) atoms. The number of hydrogen-bond acceptors (Lipinski definition) is 7. The molecule has 4 rings (SSSR count). The van der Waals surface area contributed by atoms with Gasteiger partial charge in [0.25, 0.3) is 0 Å². The van der Waals surface area contributed by atoms with Crippen LogP contribution in [-0.2, 0) is 22.4 Å². The van der Waals surface area contributed by atoms with Gasteiger partial charge in [0.2, 0.25) is 0 Å². The Hall–Kier alpha value is -3.71. The fraction of sp³-hybridized carbons (Fsp3) is 0.192. The van der Waals surface area contributed by atoms with Crippen LogP contribution in [0.2, 0.25) is 0 Å². The van der Waals surface area contributed by atoms with Crippen molar-refractivity contribution in [3.63, 3.8) is 0 Å². The van der Waals surface area contributed by atoms with E-state index in [9.17, 15) is 9.59 Å². The molecule has 0 aliphatic carbocycles. The van der Waals surface area contributed by atoms with Crippen molar-refractivity contribution < 1.29 is 23.8 Å². The van der Waals surface area contributed by atoms with E-state index in [1.807, 2.05) is 47.8 Å². The fourth-order valence-corrected chi connectivity index (χ4v) is 4.25. The number of aromatic nitrogens is 1. The molecule has 0 saturated heterocycles. The summed E-state index contributed by atoms with van der Waals surface area (Å²) in [4.78, 5) is 29.8. The molecule has 2 heterocycles. The molecule has 0 unspecified atom stereocenters. The van der Waals surface area contributed by atoms with E-state index in [4.69, 9.17) is 14.2 Å². The van der Waals surface area contributed by atoms with Gasteiger partial charge in [-0.15, -0.1) is 11.3 Å². The summed E-state index contributed by atoms with van der Waals surface area (Å²) in [5, 5.41) is 2.72. The Bertz CT molecular complexity index is 1270. The summed E-state index contributed by atoms with van der Waals surface area (Å²) in [6, 6.07) is 16.5. The quantitative estimate of drug-likeness (QED) is 0.294. The van der Waals surface area contributed by atoms with E-state index in [1.54, 1.807) is 32.5 Å². The van der Waals surface area contributed by atoms with Gasteiger partial charge in [0.1, 0.15) is 23.1 Å². The molecule has 0 fully saturated rings. The van der Waals surface area contributed by atoms with E-state index < -0.39 is 0 Å². The number of ether oxygens (including phenoxy) is 3. The van der Waals surface area contributed by atoms with Crippen LogP contribution in [0.5, 0.6) is 23.0 Å². The third-order valence-electron chi connectivity index (χ3n) is 5.11. The fourth-order valence-electron chi connectivity index (χ4n) is 3.52. The summed E-state index contributed by atoms with van der Waals surface area (Å²) in [7, 11) is 3.16. The second-order valence-electron chi connectivity index (χ2n) is 7.47. The second-order valence-corrected chi connectivity index (χ2v) is 8.50. The molecule has 0 N–H and O–H groups in total. The largest absolute Gasteiger partial charge is 0.493 e. The summed E-state index contributed by atoms with van der Waals surface area (Å²) in [6.45, 7) is 0. The Labute approximate surface area is 195 Å². The monoisotopic (exact) mass is 461 g/mol.